The van der Waals surface area contributed by atoms with Gasteiger partial charge in [0.1, 0.15) is 11.4 Å². The summed E-state index contributed by atoms with van der Waals surface area (Å²) in [6.07, 6.45) is -11.3. The predicted octanol–water partition coefficient (Wildman–Crippen LogP) is 6.17. The van der Waals surface area contributed by atoms with E-state index in [1.54, 1.807) is 0 Å². The molecule has 3 rings (SSSR count). The van der Waals surface area contributed by atoms with Gasteiger partial charge in [0.2, 0.25) is 0 Å². The number of hydrogen-bond acceptors (Lipinski definition) is 4. The van der Waals surface area contributed by atoms with Gasteiger partial charge in [-0.05, 0) is 42.8 Å². The molecule has 0 bridgehead atoms. The SMILES string of the molecule is CCCOCCN1CCN(c2cc(C(F)(F)F)cc(C(F)(F)F)c2OC(=O)N(C)c2ccc(F)cc2)C1=O. The van der Waals surface area contributed by atoms with E-state index in [0.29, 0.717) is 24.0 Å². The van der Waals surface area contributed by atoms with Crippen molar-refractivity contribution in [2.45, 2.75) is 25.7 Å². The molecule has 3 amide bonds. The zero-order chi connectivity index (χ0) is 28.3. The summed E-state index contributed by atoms with van der Waals surface area (Å²) in [6, 6.07) is 3.57. The second-order valence-corrected chi connectivity index (χ2v) is 8.30. The number of urea groups is 1. The van der Waals surface area contributed by atoms with Crippen LogP contribution in [0.5, 0.6) is 5.75 Å². The maximum absolute atomic E-state index is 14.0. The maximum atomic E-state index is 14.0. The van der Waals surface area contributed by atoms with Crippen molar-refractivity contribution in [1.29, 1.82) is 0 Å². The van der Waals surface area contributed by atoms with E-state index >= 15 is 0 Å². The van der Waals surface area contributed by atoms with Gasteiger partial charge >= 0.3 is 24.5 Å². The Morgan fingerprint density at radius 2 is 1.66 bits per heavy atom. The first-order valence-electron chi connectivity index (χ1n) is 11.4. The standard InChI is InChI=1S/C24H24F7N3O4/c1-3-11-37-12-10-33-8-9-34(21(33)35)19-14-15(23(26,27)28)13-18(24(29,30)31)20(19)38-22(36)32(2)17-6-4-16(25)5-7-17/h4-7,13-14H,3,8-12H2,1-2H3. The van der Waals surface area contributed by atoms with Gasteiger partial charge in [-0.3, -0.25) is 9.80 Å². The number of alkyl halides is 6. The van der Waals surface area contributed by atoms with Gasteiger partial charge in [0.15, 0.2) is 5.75 Å². The number of benzene rings is 2. The monoisotopic (exact) mass is 551 g/mol. The van der Waals surface area contributed by atoms with Gasteiger partial charge in [-0.2, -0.15) is 26.3 Å². The number of halogens is 7. The molecule has 2 aromatic carbocycles. The van der Waals surface area contributed by atoms with Gasteiger partial charge < -0.3 is 14.4 Å². The van der Waals surface area contributed by atoms with Crippen LogP contribution < -0.4 is 14.5 Å². The number of ether oxygens (including phenoxy) is 2. The highest BCUT2D eigenvalue weighted by molar-refractivity contribution is 5.97. The minimum atomic E-state index is -5.38. The molecule has 0 radical (unpaired) electrons. The van der Waals surface area contributed by atoms with Crippen molar-refractivity contribution in [1.82, 2.24) is 4.90 Å². The molecule has 208 valence electrons. The van der Waals surface area contributed by atoms with Gasteiger partial charge in [0.25, 0.3) is 0 Å². The van der Waals surface area contributed by atoms with E-state index in [2.05, 4.69) is 0 Å². The van der Waals surface area contributed by atoms with Crippen LogP contribution in [0.4, 0.5) is 51.7 Å². The molecule has 0 unspecified atom stereocenters. The summed E-state index contributed by atoms with van der Waals surface area (Å²) in [5.74, 6) is -1.90. The predicted molar refractivity (Wildman–Crippen MR) is 123 cm³/mol. The third-order valence-corrected chi connectivity index (χ3v) is 5.62. The Morgan fingerprint density at radius 1 is 1.00 bits per heavy atom. The minimum Gasteiger partial charge on any atom is -0.407 e. The molecule has 2 aromatic rings. The summed E-state index contributed by atoms with van der Waals surface area (Å²) in [5.41, 5.74) is -4.39. The average molecular weight is 551 g/mol. The smallest absolute Gasteiger partial charge is 0.407 e. The number of carbonyl (C=O) groups excluding carboxylic acids is 2. The third kappa shape index (κ3) is 6.65. The van der Waals surface area contributed by atoms with Crippen LogP contribution in [0.15, 0.2) is 36.4 Å². The Kier molecular flexibility index (Phi) is 8.75. The number of carbonyl (C=O) groups is 2. The fourth-order valence-electron chi connectivity index (χ4n) is 3.66. The molecule has 1 aliphatic heterocycles. The van der Waals surface area contributed by atoms with Crippen LogP contribution in [0.1, 0.15) is 24.5 Å². The first-order valence-corrected chi connectivity index (χ1v) is 11.4. The van der Waals surface area contributed by atoms with Crippen molar-refractivity contribution >= 4 is 23.5 Å². The molecule has 1 fully saturated rings. The van der Waals surface area contributed by atoms with Crippen molar-refractivity contribution in [2.24, 2.45) is 0 Å². The van der Waals surface area contributed by atoms with Gasteiger partial charge in [-0.1, -0.05) is 6.92 Å². The number of hydrogen-bond donors (Lipinski definition) is 0. The molecule has 1 aliphatic rings. The topological polar surface area (TPSA) is 62.3 Å². The van der Waals surface area contributed by atoms with Gasteiger partial charge in [-0.15, -0.1) is 0 Å². The Morgan fingerprint density at radius 3 is 2.24 bits per heavy atom. The maximum Gasteiger partial charge on any atom is 0.420 e. The zero-order valence-corrected chi connectivity index (χ0v) is 20.3. The Labute approximate surface area is 213 Å². The molecule has 38 heavy (non-hydrogen) atoms. The highest BCUT2D eigenvalue weighted by Crippen LogP contribution is 2.47. The summed E-state index contributed by atoms with van der Waals surface area (Å²) in [5, 5.41) is 0. The first-order chi connectivity index (χ1) is 17.7. The van der Waals surface area contributed by atoms with E-state index in [0.717, 1.165) is 36.2 Å². The zero-order valence-electron chi connectivity index (χ0n) is 20.3. The Hall–Kier alpha value is -3.55. The lowest BCUT2D eigenvalue weighted by atomic mass is 10.1. The molecule has 7 nitrogen and oxygen atoms in total. The van der Waals surface area contributed by atoms with Crippen LogP contribution >= 0.6 is 0 Å². The first kappa shape index (κ1) is 29.0. The fraction of sp³-hybridized carbons (Fsp3) is 0.417. The Bertz CT molecular complexity index is 1150. The van der Waals surface area contributed by atoms with E-state index in [4.69, 9.17) is 9.47 Å². The molecule has 0 aliphatic carbocycles. The lowest BCUT2D eigenvalue weighted by Crippen LogP contribution is -2.35. The largest absolute Gasteiger partial charge is 0.420 e. The van der Waals surface area contributed by atoms with Gasteiger partial charge in [-0.25, -0.2) is 14.0 Å². The molecule has 1 saturated heterocycles. The second kappa shape index (κ2) is 11.5. The molecule has 0 atom stereocenters. The van der Waals surface area contributed by atoms with E-state index in [1.807, 2.05) is 6.92 Å². The summed E-state index contributed by atoms with van der Waals surface area (Å²) in [4.78, 5) is 28.4. The lowest BCUT2D eigenvalue weighted by molar-refractivity contribution is -0.143. The van der Waals surface area contributed by atoms with Crippen LogP contribution in [-0.4, -0.2) is 56.9 Å². The van der Waals surface area contributed by atoms with Crippen LogP contribution in [0.25, 0.3) is 0 Å². The highest BCUT2D eigenvalue weighted by Gasteiger charge is 2.44. The van der Waals surface area contributed by atoms with Crippen LogP contribution in [0.2, 0.25) is 0 Å². The normalized spacial score (nSPS) is 14.3. The van der Waals surface area contributed by atoms with Crippen molar-refractivity contribution in [3.8, 4) is 5.75 Å². The van der Waals surface area contributed by atoms with E-state index in [-0.39, 0.29) is 38.0 Å². The van der Waals surface area contributed by atoms with Gasteiger partial charge in [0, 0.05) is 39.0 Å². The van der Waals surface area contributed by atoms with E-state index in [1.165, 1.54) is 4.90 Å². The number of anilines is 2. The molecule has 0 spiro atoms. The van der Waals surface area contributed by atoms with Crippen molar-refractivity contribution < 1.29 is 49.8 Å². The molecule has 1 heterocycles. The minimum absolute atomic E-state index is 0.00517. The second-order valence-electron chi connectivity index (χ2n) is 8.30. The summed E-state index contributed by atoms with van der Waals surface area (Å²) < 4.78 is 106. The molecule has 0 aromatic heterocycles. The lowest BCUT2D eigenvalue weighted by Gasteiger charge is -2.26. The van der Waals surface area contributed by atoms with Crippen molar-refractivity contribution in [3.63, 3.8) is 0 Å². The van der Waals surface area contributed by atoms with Crippen LogP contribution in [-0.2, 0) is 17.1 Å². The van der Waals surface area contributed by atoms with Crippen LogP contribution in [0, 0.1) is 5.82 Å². The molecular formula is C24H24F7N3O4. The fourth-order valence-corrected chi connectivity index (χ4v) is 3.66. The number of nitrogens with zero attached hydrogens (tertiary/aromatic N) is 3. The highest BCUT2D eigenvalue weighted by atomic mass is 19.4. The number of rotatable bonds is 8. The summed E-state index contributed by atoms with van der Waals surface area (Å²) >= 11 is 0. The average Bonchev–Trinajstić information content (AvgIpc) is 3.20. The quantitative estimate of drug-likeness (QED) is 0.291. The summed E-state index contributed by atoms with van der Waals surface area (Å²) in [7, 11) is 1.12. The molecular weight excluding hydrogens is 527 g/mol. The molecule has 0 saturated carbocycles. The summed E-state index contributed by atoms with van der Waals surface area (Å²) in [6.45, 7) is 2.19. The Balaban J connectivity index is 2.04. The van der Waals surface area contributed by atoms with Crippen LogP contribution in [0.3, 0.4) is 0 Å². The third-order valence-electron chi connectivity index (χ3n) is 5.62. The molecule has 14 heteroatoms. The van der Waals surface area contributed by atoms with Crippen molar-refractivity contribution in [3.05, 3.63) is 53.3 Å². The van der Waals surface area contributed by atoms with Crippen molar-refractivity contribution in [2.75, 3.05) is 49.7 Å². The number of amides is 3. The van der Waals surface area contributed by atoms with E-state index in [9.17, 15) is 40.3 Å². The van der Waals surface area contributed by atoms with E-state index < -0.39 is 52.9 Å². The molecule has 0 N–H and O–H groups in total. The van der Waals surface area contributed by atoms with Gasteiger partial charge in [0.05, 0.1) is 17.9 Å².